The highest BCUT2D eigenvalue weighted by atomic mass is 16.5. The molecule has 0 N–H and O–H groups in total. The molecule has 0 aromatic heterocycles. The minimum Gasteiger partial charge on any atom is -0.497 e. The van der Waals surface area contributed by atoms with Gasteiger partial charge in [0.1, 0.15) is 5.75 Å². The van der Waals surface area contributed by atoms with Gasteiger partial charge in [-0.2, -0.15) is 0 Å². The van der Waals surface area contributed by atoms with Crippen LogP contribution in [-0.4, -0.2) is 43.7 Å². The number of nitrogens with zero attached hydrogens (tertiary/aromatic N) is 1. The monoisotopic (exact) mass is 317 g/mol. The molecule has 2 aliphatic rings. The lowest BCUT2D eigenvalue weighted by Gasteiger charge is -2.42. The quantitative estimate of drug-likeness (QED) is 0.857. The second-order valence-electron chi connectivity index (χ2n) is 7.17. The first-order chi connectivity index (χ1) is 11.1. The molecule has 1 aliphatic heterocycles. The van der Waals surface area contributed by atoms with Gasteiger partial charge in [0.25, 0.3) is 0 Å². The van der Waals surface area contributed by atoms with Crippen molar-refractivity contribution in [2.75, 3.05) is 20.8 Å². The summed E-state index contributed by atoms with van der Waals surface area (Å²) in [4.78, 5) is 14.9. The molecule has 23 heavy (non-hydrogen) atoms. The van der Waals surface area contributed by atoms with E-state index in [0.29, 0.717) is 18.6 Å². The van der Waals surface area contributed by atoms with Crippen molar-refractivity contribution in [1.29, 1.82) is 0 Å². The molecule has 1 saturated carbocycles. The number of carbonyl (C=O) groups excluding carboxylic acids is 1. The second kappa shape index (κ2) is 6.52. The molecule has 126 valence electrons. The lowest BCUT2D eigenvalue weighted by Crippen LogP contribution is -2.47. The van der Waals surface area contributed by atoms with E-state index in [-0.39, 0.29) is 11.3 Å². The number of ether oxygens (including phenoxy) is 2. The maximum absolute atomic E-state index is 12.8. The van der Waals surface area contributed by atoms with Crippen LogP contribution in [0.2, 0.25) is 0 Å². The maximum Gasteiger partial charge on any atom is 0.227 e. The SMILES string of the molecule is COc1cccc(CC(=O)N2CC[C@@]3(C)C[C@H](OC)CC[C@@H]23)c1. The zero-order valence-electron chi connectivity index (χ0n) is 14.4. The van der Waals surface area contributed by atoms with E-state index in [2.05, 4.69) is 11.8 Å². The Labute approximate surface area is 138 Å². The molecule has 4 heteroatoms. The largest absolute Gasteiger partial charge is 0.497 e. The summed E-state index contributed by atoms with van der Waals surface area (Å²) in [6.45, 7) is 3.20. The van der Waals surface area contributed by atoms with Crippen LogP contribution in [0.15, 0.2) is 24.3 Å². The minimum absolute atomic E-state index is 0.211. The molecule has 1 heterocycles. The van der Waals surface area contributed by atoms with Crippen LogP contribution < -0.4 is 4.74 Å². The van der Waals surface area contributed by atoms with E-state index in [9.17, 15) is 4.79 Å². The van der Waals surface area contributed by atoms with E-state index in [4.69, 9.17) is 9.47 Å². The highest BCUT2D eigenvalue weighted by Crippen LogP contribution is 2.47. The predicted molar refractivity (Wildman–Crippen MR) is 89.6 cm³/mol. The fourth-order valence-electron chi connectivity index (χ4n) is 4.34. The Morgan fingerprint density at radius 1 is 1.35 bits per heavy atom. The second-order valence-corrected chi connectivity index (χ2v) is 7.17. The molecule has 4 nitrogen and oxygen atoms in total. The van der Waals surface area contributed by atoms with Gasteiger partial charge in [-0.25, -0.2) is 0 Å². The molecule has 2 fully saturated rings. The molecule has 1 aromatic carbocycles. The van der Waals surface area contributed by atoms with Gasteiger partial charge in [-0.3, -0.25) is 4.79 Å². The van der Waals surface area contributed by atoms with E-state index in [1.807, 2.05) is 24.3 Å². The summed E-state index contributed by atoms with van der Waals surface area (Å²) in [7, 11) is 3.45. The first-order valence-electron chi connectivity index (χ1n) is 8.51. The third-order valence-electron chi connectivity index (χ3n) is 5.70. The van der Waals surface area contributed by atoms with Crippen molar-refractivity contribution in [2.24, 2.45) is 5.41 Å². The molecule has 0 bridgehead atoms. The Bertz CT molecular complexity index is 573. The molecule has 3 rings (SSSR count). The average molecular weight is 317 g/mol. The highest BCUT2D eigenvalue weighted by molar-refractivity contribution is 5.79. The third-order valence-corrected chi connectivity index (χ3v) is 5.70. The van der Waals surface area contributed by atoms with Gasteiger partial charge in [-0.05, 0) is 48.8 Å². The van der Waals surface area contributed by atoms with E-state index in [1.165, 1.54) is 0 Å². The van der Waals surface area contributed by atoms with Crippen LogP contribution in [0.3, 0.4) is 0 Å². The van der Waals surface area contributed by atoms with Crippen molar-refractivity contribution in [1.82, 2.24) is 4.90 Å². The van der Waals surface area contributed by atoms with Crippen LogP contribution in [0.4, 0.5) is 0 Å². The topological polar surface area (TPSA) is 38.8 Å². The lowest BCUT2D eigenvalue weighted by molar-refractivity contribution is -0.133. The summed E-state index contributed by atoms with van der Waals surface area (Å²) >= 11 is 0. The van der Waals surface area contributed by atoms with Crippen LogP contribution >= 0.6 is 0 Å². The standard InChI is InChI=1S/C19H27NO3/c1-19-9-10-20(17(19)8-7-16(13-19)23-3)18(21)12-14-5-4-6-15(11-14)22-2/h4-6,11,16-17H,7-10,12-13H2,1-3H3/t16-,17-,19+/m1/s1. The number of fused-ring (bicyclic) bond motifs is 1. The Balaban J connectivity index is 1.69. The first kappa shape index (κ1) is 16.3. The molecule has 0 spiro atoms. The molecule has 1 aromatic rings. The maximum atomic E-state index is 12.8. The van der Waals surface area contributed by atoms with Crippen LogP contribution in [0.25, 0.3) is 0 Å². The fraction of sp³-hybridized carbons (Fsp3) is 0.632. The molecule has 1 saturated heterocycles. The van der Waals surface area contributed by atoms with Crippen molar-refractivity contribution in [3.8, 4) is 5.75 Å². The van der Waals surface area contributed by atoms with Gasteiger partial charge in [-0.15, -0.1) is 0 Å². The van der Waals surface area contributed by atoms with Gasteiger partial charge < -0.3 is 14.4 Å². The molecule has 0 unspecified atom stereocenters. The van der Waals surface area contributed by atoms with Gasteiger partial charge in [0.05, 0.1) is 19.6 Å². The third kappa shape index (κ3) is 3.23. The lowest BCUT2D eigenvalue weighted by atomic mass is 9.71. The number of amides is 1. The van der Waals surface area contributed by atoms with Crippen molar-refractivity contribution in [2.45, 2.75) is 51.2 Å². The minimum atomic E-state index is 0.211. The summed E-state index contributed by atoms with van der Waals surface area (Å²) in [5.41, 5.74) is 1.23. The summed E-state index contributed by atoms with van der Waals surface area (Å²) in [5, 5.41) is 0. The van der Waals surface area contributed by atoms with Crippen LogP contribution in [0.1, 0.15) is 38.2 Å². The van der Waals surface area contributed by atoms with E-state index in [1.54, 1.807) is 14.2 Å². The van der Waals surface area contributed by atoms with E-state index < -0.39 is 0 Å². The van der Waals surface area contributed by atoms with Crippen LogP contribution in [0, 0.1) is 5.41 Å². The van der Waals surface area contributed by atoms with E-state index >= 15 is 0 Å². The van der Waals surface area contributed by atoms with E-state index in [0.717, 1.165) is 43.5 Å². The van der Waals surface area contributed by atoms with Crippen molar-refractivity contribution in [3.05, 3.63) is 29.8 Å². The summed E-state index contributed by atoms with van der Waals surface area (Å²) in [6, 6.07) is 8.17. The number of carbonyl (C=O) groups is 1. The normalized spacial score (nSPS) is 30.1. The van der Waals surface area contributed by atoms with Gasteiger partial charge in [0.15, 0.2) is 0 Å². The smallest absolute Gasteiger partial charge is 0.227 e. The van der Waals surface area contributed by atoms with Crippen molar-refractivity contribution < 1.29 is 14.3 Å². The summed E-state index contributed by atoms with van der Waals surface area (Å²) in [5.74, 6) is 1.05. The Morgan fingerprint density at radius 2 is 2.17 bits per heavy atom. The molecular formula is C19H27NO3. The molecule has 3 atom stereocenters. The summed E-state index contributed by atoms with van der Waals surface area (Å²) < 4.78 is 10.8. The zero-order chi connectivity index (χ0) is 16.4. The Hall–Kier alpha value is -1.55. The Kier molecular flexibility index (Phi) is 4.62. The zero-order valence-corrected chi connectivity index (χ0v) is 14.4. The number of methoxy groups -OCH3 is 2. The Morgan fingerprint density at radius 3 is 2.91 bits per heavy atom. The highest BCUT2D eigenvalue weighted by Gasteiger charge is 2.49. The van der Waals surface area contributed by atoms with Crippen molar-refractivity contribution in [3.63, 3.8) is 0 Å². The average Bonchev–Trinajstić information content (AvgIpc) is 2.91. The van der Waals surface area contributed by atoms with Gasteiger partial charge in [0, 0.05) is 19.7 Å². The molecule has 1 aliphatic carbocycles. The fourth-order valence-corrected chi connectivity index (χ4v) is 4.34. The van der Waals surface area contributed by atoms with Crippen LogP contribution in [-0.2, 0) is 16.0 Å². The molecular weight excluding hydrogens is 290 g/mol. The number of hydrogen-bond donors (Lipinski definition) is 0. The predicted octanol–water partition coefficient (Wildman–Crippen LogP) is 3.04. The van der Waals surface area contributed by atoms with Gasteiger partial charge >= 0.3 is 0 Å². The molecule has 1 amide bonds. The number of benzene rings is 1. The van der Waals surface area contributed by atoms with Gasteiger partial charge in [-0.1, -0.05) is 19.1 Å². The number of hydrogen-bond acceptors (Lipinski definition) is 3. The molecule has 0 radical (unpaired) electrons. The first-order valence-corrected chi connectivity index (χ1v) is 8.51. The van der Waals surface area contributed by atoms with Gasteiger partial charge in [0.2, 0.25) is 5.91 Å². The van der Waals surface area contributed by atoms with Crippen molar-refractivity contribution >= 4 is 5.91 Å². The number of rotatable bonds is 4. The van der Waals surface area contributed by atoms with Crippen LogP contribution in [0.5, 0.6) is 5.75 Å². The number of likely N-dealkylation sites (tertiary alicyclic amines) is 1. The summed E-state index contributed by atoms with van der Waals surface area (Å²) in [6.07, 6.45) is 5.07.